The minimum absolute atomic E-state index is 0.215. The Balaban J connectivity index is 1.86. The molecule has 0 aliphatic carbocycles. The van der Waals surface area contributed by atoms with Gasteiger partial charge in [0.2, 0.25) is 5.91 Å². The van der Waals surface area contributed by atoms with Crippen molar-refractivity contribution < 1.29 is 19.1 Å². The maximum atomic E-state index is 12.3. The molecule has 0 bridgehead atoms. The first-order valence-corrected chi connectivity index (χ1v) is 10.5. The van der Waals surface area contributed by atoms with Crippen molar-refractivity contribution in [3.8, 4) is 0 Å². The fraction of sp³-hybridized carbons (Fsp3) is 0.375. The van der Waals surface area contributed by atoms with Crippen LogP contribution in [0.4, 0.5) is 11.4 Å². The lowest BCUT2D eigenvalue weighted by Crippen LogP contribution is -2.40. The minimum atomic E-state index is -1.03. The number of ether oxygens (including phenoxy) is 1. The van der Waals surface area contributed by atoms with E-state index in [1.165, 1.54) is 6.92 Å². The van der Waals surface area contributed by atoms with Crippen molar-refractivity contribution in [1.82, 2.24) is 5.32 Å². The highest BCUT2D eigenvalue weighted by atomic mass is 16.5. The van der Waals surface area contributed by atoms with Gasteiger partial charge >= 0.3 is 5.97 Å². The van der Waals surface area contributed by atoms with E-state index in [1.807, 2.05) is 44.2 Å². The lowest BCUT2D eigenvalue weighted by atomic mass is 10.1. The minimum Gasteiger partial charge on any atom is -0.449 e. The Morgan fingerprint density at radius 1 is 0.968 bits per heavy atom. The van der Waals surface area contributed by atoms with Crippen molar-refractivity contribution in [2.75, 3.05) is 29.9 Å². The number of para-hydroxylation sites is 1. The summed E-state index contributed by atoms with van der Waals surface area (Å²) in [5.41, 5.74) is 3.99. The lowest BCUT2D eigenvalue weighted by molar-refractivity contribution is -0.130. The van der Waals surface area contributed by atoms with Crippen LogP contribution in [-0.4, -0.2) is 43.5 Å². The van der Waals surface area contributed by atoms with Gasteiger partial charge in [-0.25, -0.2) is 4.79 Å². The number of rotatable bonds is 9. The van der Waals surface area contributed by atoms with Gasteiger partial charge in [0, 0.05) is 24.5 Å². The van der Waals surface area contributed by atoms with E-state index in [2.05, 4.69) is 29.4 Å². The quantitative estimate of drug-likeness (QED) is 0.601. The molecule has 0 aliphatic rings. The number of carbonyl (C=O) groups excluding carboxylic acids is 3. The summed E-state index contributed by atoms with van der Waals surface area (Å²) in [5.74, 6) is -1.48. The number of benzene rings is 2. The van der Waals surface area contributed by atoms with E-state index in [-0.39, 0.29) is 12.5 Å². The average molecular weight is 426 g/mol. The number of amides is 2. The van der Waals surface area contributed by atoms with E-state index in [9.17, 15) is 14.4 Å². The maximum absolute atomic E-state index is 12.3. The largest absolute Gasteiger partial charge is 0.449 e. The van der Waals surface area contributed by atoms with Gasteiger partial charge < -0.3 is 20.3 Å². The van der Waals surface area contributed by atoms with E-state index in [1.54, 1.807) is 12.1 Å². The number of nitrogens with zero attached hydrogens (tertiary/aromatic N) is 1. The van der Waals surface area contributed by atoms with Gasteiger partial charge in [-0.3, -0.25) is 9.59 Å². The number of anilines is 2. The second-order valence-electron chi connectivity index (χ2n) is 7.30. The zero-order valence-corrected chi connectivity index (χ0v) is 18.8. The van der Waals surface area contributed by atoms with Gasteiger partial charge in [0.05, 0.1) is 12.1 Å². The first-order chi connectivity index (χ1) is 14.8. The van der Waals surface area contributed by atoms with Crippen LogP contribution in [-0.2, 0) is 14.3 Å². The van der Waals surface area contributed by atoms with Gasteiger partial charge in [-0.05, 0) is 70.0 Å². The monoisotopic (exact) mass is 425 g/mol. The molecule has 0 saturated heterocycles. The summed E-state index contributed by atoms with van der Waals surface area (Å²) < 4.78 is 5.24. The Kier molecular flexibility index (Phi) is 8.61. The van der Waals surface area contributed by atoms with Crippen LogP contribution >= 0.6 is 0 Å². The molecule has 0 saturated carbocycles. The van der Waals surface area contributed by atoms with Gasteiger partial charge in [-0.15, -0.1) is 0 Å². The van der Waals surface area contributed by atoms with Crippen LogP contribution in [0.1, 0.15) is 42.3 Å². The highest BCUT2D eigenvalue weighted by Crippen LogP contribution is 2.19. The molecule has 0 radical (unpaired) electrons. The summed E-state index contributed by atoms with van der Waals surface area (Å²) >= 11 is 0. The standard InChI is InChI=1S/C24H31N3O4/c1-6-27(7-2)20-13-11-19(12-14-20)24(30)31-18(5)23(29)25-15-21(28)26-22-16(3)9-8-10-17(22)4/h8-14,18H,6-7,15H2,1-5H3,(H,25,29)(H,26,28). The van der Waals surface area contributed by atoms with Crippen molar-refractivity contribution >= 4 is 29.2 Å². The lowest BCUT2D eigenvalue weighted by Gasteiger charge is -2.21. The number of nitrogens with one attached hydrogen (secondary N) is 2. The molecule has 0 aromatic heterocycles. The van der Waals surface area contributed by atoms with E-state index in [0.29, 0.717) is 5.56 Å². The molecule has 7 nitrogen and oxygen atoms in total. The molecule has 1 atom stereocenters. The summed E-state index contributed by atoms with van der Waals surface area (Å²) in [6.45, 7) is 10.9. The highest BCUT2D eigenvalue weighted by molar-refractivity contribution is 5.97. The van der Waals surface area contributed by atoms with Gasteiger partial charge in [-0.2, -0.15) is 0 Å². The van der Waals surface area contributed by atoms with Gasteiger partial charge in [0.1, 0.15) is 0 Å². The molecule has 2 N–H and O–H groups in total. The molecular formula is C24H31N3O4. The Labute approximate surface area is 183 Å². The van der Waals surface area contributed by atoms with Gasteiger partial charge in [0.15, 0.2) is 6.10 Å². The fourth-order valence-corrected chi connectivity index (χ4v) is 3.19. The number of aryl methyl sites for hydroxylation is 2. The van der Waals surface area contributed by atoms with E-state index in [0.717, 1.165) is 35.6 Å². The highest BCUT2D eigenvalue weighted by Gasteiger charge is 2.20. The zero-order chi connectivity index (χ0) is 23.0. The predicted molar refractivity (Wildman–Crippen MR) is 122 cm³/mol. The smallest absolute Gasteiger partial charge is 0.338 e. The van der Waals surface area contributed by atoms with Crippen molar-refractivity contribution in [1.29, 1.82) is 0 Å². The zero-order valence-electron chi connectivity index (χ0n) is 18.8. The third-order valence-corrected chi connectivity index (χ3v) is 5.05. The molecule has 0 aliphatic heterocycles. The first kappa shape index (κ1) is 23.9. The topological polar surface area (TPSA) is 87.7 Å². The SMILES string of the molecule is CCN(CC)c1ccc(C(=O)OC(C)C(=O)NCC(=O)Nc2c(C)cccc2C)cc1. The van der Waals surface area contributed by atoms with Crippen LogP contribution in [0, 0.1) is 13.8 Å². The third-order valence-electron chi connectivity index (χ3n) is 5.05. The van der Waals surface area contributed by atoms with E-state index >= 15 is 0 Å². The van der Waals surface area contributed by atoms with Crippen molar-refractivity contribution in [3.63, 3.8) is 0 Å². The van der Waals surface area contributed by atoms with Crippen LogP contribution in [0.3, 0.4) is 0 Å². The molecule has 1 unspecified atom stereocenters. The van der Waals surface area contributed by atoms with Gasteiger partial charge in [-0.1, -0.05) is 18.2 Å². The molecule has 2 aromatic rings. The van der Waals surface area contributed by atoms with Crippen LogP contribution < -0.4 is 15.5 Å². The Hall–Kier alpha value is -3.35. The van der Waals surface area contributed by atoms with E-state index < -0.39 is 18.0 Å². The molecule has 2 rings (SSSR count). The summed E-state index contributed by atoms with van der Waals surface area (Å²) in [6.07, 6.45) is -1.03. The average Bonchev–Trinajstić information content (AvgIpc) is 2.76. The predicted octanol–water partition coefficient (Wildman–Crippen LogP) is 3.45. The molecule has 0 heterocycles. The second kappa shape index (κ2) is 11.2. The fourth-order valence-electron chi connectivity index (χ4n) is 3.19. The number of esters is 1. The Morgan fingerprint density at radius 3 is 2.10 bits per heavy atom. The summed E-state index contributed by atoms with van der Waals surface area (Å²) in [4.78, 5) is 38.9. The summed E-state index contributed by atoms with van der Waals surface area (Å²) in [6, 6.07) is 12.8. The Morgan fingerprint density at radius 2 is 1.55 bits per heavy atom. The molecule has 0 fully saturated rings. The van der Waals surface area contributed by atoms with Crippen LogP contribution in [0.5, 0.6) is 0 Å². The van der Waals surface area contributed by atoms with Crippen LogP contribution in [0.25, 0.3) is 0 Å². The normalized spacial score (nSPS) is 11.4. The van der Waals surface area contributed by atoms with Crippen molar-refractivity contribution in [2.24, 2.45) is 0 Å². The molecule has 2 amide bonds. The number of hydrogen-bond acceptors (Lipinski definition) is 5. The molecular weight excluding hydrogens is 394 g/mol. The van der Waals surface area contributed by atoms with Gasteiger partial charge in [0.25, 0.3) is 5.91 Å². The first-order valence-electron chi connectivity index (χ1n) is 10.5. The van der Waals surface area contributed by atoms with E-state index in [4.69, 9.17) is 4.74 Å². The molecule has 166 valence electrons. The second-order valence-corrected chi connectivity index (χ2v) is 7.30. The summed E-state index contributed by atoms with van der Waals surface area (Å²) in [5, 5.41) is 5.30. The van der Waals surface area contributed by atoms with Crippen LogP contribution in [0.15, 0.2) is 42.5 Å². The maximum Gasteiger partial charge on any atom is 0.338 e. The number of carbonyl (C=O) groups is 3. The third kappa shape index (κ3) is 6.57. The Bertz CT molecular complexity index is 901. The number of hydrogen-bond donors (Lipinski definition) is 2. The van der Waals surface area contributed by atoms with Crippen LogP contribution in [0.2, 0.25) is 0 Å². The van der Waals surface area contributed by atoms with Crippen molar-refractivity contribution in [3.05, 3.63) is 59.2 Å². The molecule has 0 spiro atoms. The molecule has 31 heavy (non-hydrogen) atoms. The summed E-state index contributed by atoms with van der Waals surface area (Å²) in [7, 11) is 0. The molecule has 7 heteroatoms. The van der Waals surface area contributed by atoms with Crippen molar-refractivity contribution in [2.45, 2.75) is 40.7 Å². The molecule has 2 aromatic carbocycles.